The molecule has 1 amide bonds. The highest BCUT2D eigenvalue weighted by Gasteiger charge is 2.27. The van der Waals surface area contributed by atoms with Crippen molar-refractivity contribution in [2.75, 3.05) is 40.9 Å². The van der Waals surface area contributed by atoms with Crippen molar-refractivity contribution >= 4 is 13.7 Å². The number of rotatable bonds is 58. The molecule has 0 radical (unpaired) electrons. The molecule has 3 atom stereocenters. The van der Waals surface area contributed by atoms with Crippen LogP contribution in [0, 0.1) is 0 Å². The predicted octanol–water partition coefficient (Wildman–Crippen LogP) is 20.2. The highest BCUT2D eigenvalue weighted by molar-refractivity contribution is 7.47. The molecule has 446 valence electrons. The van der Waals surface area contributed by atoms with Gasteiger partial charge < -0.3 is 19.8 Å². The standard InChI is InChI=1S/C68H123N2O6P/c1-6-8-10-12-14-16-18-20-22-24-26-28-30-32-34-36-37-39-41-43-45-47-49-51-53-55-57-59-61-67(71)66(65-76-77(73,74)75-64-63-70(3,4)5)69-68(72)62-60-58-56-54-52-50-48-46-44-42-40-38-35-33-31-29-27-25-23-21-19-17-15-13-11-9-7-2/h9,11,15,17,21,23,27,29,33,35,40,42,51,53,59,61,66-67,71H,6-8,10,12-14,16,18-20,22,24-26,28,30-32,34,36-39,41,43-50,52,54-58,60,62-65H2,1-5H3,(H-,69,72,73,74)/p+1/b11-9-,17-15-,23-21-,29-27-,35-33-,42-40-,53-51+,61-59+. The molecule has 8 nitrogen and oxygen atoms in total. The molecular weight excluding hydrogens is 972 g/mol. The van der Waals surface area contributed by atoms with Gasteiger partial charge in [0.2, 0.25) is 5.91 Å². The maximum absolute atomic E-state index is 13.0. The normalized spacial score (nSPS) is 14.4. The summed E-state index contributed by atoms with van der Waals surface area (Å²) in [4.78, 5) is 23.4. The molecule has 0 rings (SSSR count). The monoisotopic (exact) mass is 1100 g/mol. The molecule has 3 unspecified atom stereocenters. The first-order chi connectivity index (χ1) is 37.5. The van der Waals surface area contributed by atoms with E-state index in [0.29, 0.717) is 17.4 Å². The number of aliphatic hydroxyl groups excluding tert-OH is 1. The van der Waals surface area contributed by atoms with E-state index in [1.807, 2.05) is 27.2 Å². The molecule has 0 aliphatic heterocycles. The SMILES string of the molecule is CC/C=C\C/C=C\C/C=C\C/C=C\C/C=C\C/C=C\CCCCCCCCCCC(=O)NC(COP(=O)(O)OCC[N+](C)(C)C)C(O)/C=C/CC/C=C/CCCCCCCCCCCCCCCCCCCCCCCC. The second-order valence-electron chi connectivity index (χ2n) is 22.7. The van der Waals surface area contributed by atoms with Gasteiger partial charge in [-0.1, -0.05) is 284 Å². The fraction of sp³-hybridized carbons (Fsp3) is 0.750. The lowest BCUT2D eigenvalue weighted by molar-refractivity contribution is -0.870. The van der Waals surface area contributed by atoms with E-state index in [1.165, 1.54) is 167 Å². The molecule has 9 heteroatoms. The largest absolute Gasteiger partial charge is 0.472 e. The van der Waals surface area contributed by atoms with Gasteiger partial charge in [-0.15, -0.1) is 0 Å². The van der Waals surface area contributed by atoms with Crippen LogP contribution in [0.4, 0.5) is 0 Å². The van der Waals surface area contributed by atoms with Gasteiger partial charge in [-0.25, -0.2) is 4.57 Å². The summed E-state index contributed by atoms with van der Waals surface area (Å²) in [6.07, 6.45) is 83.9. The Bertz CT molecular complexity index is 1570. The highest BCUT2D eigenvalue weighted by atomic mass is 31.2. The van der Waals surface area contributed by atoms with Gasteiger partial charge in [-0.05, 0) is 83.5 Å². The molecule has 0 heterocycles. The average molecular weight is 1100 g/mol. The van der Waals surface area contributed by atoms with E-state index in [-0.39, 0.29) is 19.1 Å². The summed E-state index contributed by atoms with van der Waals surface area (Å²) in [7, 11) is 1.54. The number of carbonyl (C=O) groups is 1. The van der Waals surface area contributed by atoms with Gasteiger partial charge in [0, 0.05) is 6.42 Å². The van der Waals surface area contributed by atoms with Crippen molar-refractivity contribution in [2.45, 2.75) is 289 Å². The summed E-state index contributed by atoms with van der Waals surface area (Å²) in [6.45, 7) is 4.69. The molecule has 0 aliphatic carbocycles. The van der Waals surface area contributed by atoms with Crippen molar-refractivity contribution in [1.82, 2.24) is 5.32 Å². The van der Waals surface area contributed by atoms with Crippen molar-refractivity contribution < 1.29 is 32.9 Å². The second kappa shape index (κ2) is 58.1. The number of hydrogen-bond acceptors (Lipinski definition) is 5. The fourth-order valence-electron chi connectivity index (χ4n) is 9.06. The molecule has 0 aliphatic rings. The van der Waals surface area contributed by atoms with Gasteiger partial charge in [0.25, 0.3) is 0 Å². The first kappa shape index (κ1) is 74.4. The van der Waals surface area contributed by atoms with Crippen molar-refractivity contribution in [3.8, 4) is 0 Å². The Balaban J connectivity index is 4.22. The summed E-state index contributed by atoms with van der Waals surface area (Å²) < 4.78 is 23.8. The maximum atomic E-state index is 13.0. The zero-order chi connectivity index (χ0) is 56.3. The van der Waals surface area contributed by atoms with Crippen LogP contribution in [0.1, 0.15) is 277 Å². The zero-order valence-electron chi connectivity index (χ0n) is 50.9. The summed E-state index contributed by atoms with van der Waals surface area (Å²) in [5.74, 6) is -0.197. The Morgan fingerprint density at radius 1 is 0.455 bits per heavy atom. The number of allylic oxidation sites excluding steroid dienone is 15. The minimum atomic E-state index is -4.37. The van der Waals surface area contributed by atoms with Gasteiger partial charge >= 0.3 is 7.82 Å². The molecule has 0 saturated carbocycles. The number of carbonyl (C=O) groups excluding carboxylic acids is 1. The summed E-state index contributed by atoms with van der Waals surface area (Å²) in [5, 5.41) is 14.0. The topological polar surface area (TPSA) is 105 Å². The van der Waals surface area contributed by atoms with Crippen LogP contribution < -0.4 is 5.32 Å². The van der Waals surface area contributed by atoms with Gasteiger partial charge in [-0.3, -0.25) is 13.8 Å². The first-order valence-electron chi connectivity index (χ1n) is 32.1. The number of hydrogen-bond donors (Lipinski definition) is 3. The van der Waals surface area contributed by atoms with E-state index in [2.05, 4.69) is 104 Å². The lowest BCUT2D eigenvalue weighted by atomic mass is 10.0. The first-order valence-corrected chi connectivity index (χ1v) is 33.6. The number of quaternary nitrogens is 1. The number of aliphatic hydroxyl groups is 1. The van der Waals surface area contributed by atoms with E-state index >= 15 is 0 Å². The highest BCUT2D eigenvalue weighted by Crippen LogP contribution is 2.43. The zero-order valence-corrected chi connectivity index (χ0v) is 51.8. The third-order valence-electron chi connectivity index (χ3n) is 14.0. The van der Waals surface area contributed by atoms with E-state index in [1.54, 1.807) is 6.08 Å². The second-order valence-corrected chi connectivity index (χ2v) is 24.2. The lowest BCUT2D eigenvalue weighted by Crippen LogP contribution is -2.45. The maximum Gasteiger partial charge on any atom is 0.472 e. The third kappa shape index (κ3) is 60.9. The Morgan fingerprint density at radius 3 is 1.19 bits per heavy atom. The van der Waals surface area contributed by atoms with Crippen LogP contribution in [0.5, 0.6) is 0 Å². The number of nitrogens with one attached hydrogen (secondary N) is 1. The average Bonchev–Trinajstić information content (AvgIpc) is 3.39. The van der Waals surface area contributed by atoms with E-state index < -0.39 is 20.0 Å². The van der Waals surface area contributed by atoms with Crippen molar-refractivity contribution in [3.05, 3.63) is 97.2 Å². The predicted molar refractivity (Wildman–Crippen MR) is 336 cm³/mol. The van der Waals surface area contributed by atoms with Gasteiger partial charge in [0.05, 0.1) is 39.9 Å². The Kier molecular flexibility index (Phi) is 56.1. The van der Waals surface area contributed by atoms with Crippen molar-refractivity contribution in [2.24, 2.45) is 0 Å². The third-order valence-corrected chi connectivity index (χ3v) is 15.0. The summed E-state index contributed by atoms with van der Waals surface area (Å²) in [5.41, 5.74) is 0. The fourth-order valence-corrected chi connectivity index (χ4v) is 9.80. The van der Waals surface area contributed by atoms with Gasteiger partial charge in [-0.2, -0.15) is 0 Å². The Morgan fingerprint density at radius 2 is 0.792 bits per heavy atom. The number of phosphoric acid groups is 1. The number of nitrogens with zero attached hydrogens (tertiary/aromatic N) is 1. The van der Waals surface area contributed by atoms with Crippen LogP contribution in [0.15, 0.2) is 97.2 Å². The molecule has 0 spiro atoms. The minimum absolute atomic E-state index is 0.0498. The van der Waals surface area contributed by atoms with Crippen molar-refractivity contribution in [1.29, 1.82) is 0 Å². The van der Waals surface area contributed by atoms with Crippen LogP contribution >= 0.6 is 7.82 Å². The van der Waals surface area contributed by atoms with E-state index in [9.17, 15) is 19.4 Å². The Hall–Kier alpha value is -2.58. The van der Waals surface area contributed by atoms with Gasteiger partial charge in [0.1, 0.15) is 13.2 Å². The molecule has 0 fully saturated rings. The molecule has 77 heavy (non-hydrogen) atoms. The minimum Gasteiger partial charge on any atom is -0.387 e. The number of unbranched alkanes of at least 4 members (excludes halogenated alkanes) is 31. The summed E-state index contributed by atoms with van der Waals surface area (Å²) in [6, 6.07) is -0.876. The number of likely N-dealkylation sites (N-methyl/N-ethyl adjacent to an activating group) is 1. The molecular formula is C68H124N2O6P+. The van der Waals surface area contributed by atoms with E-state index in [0.717, 1.165) is 89.9 Å². The number of phosphoric ester groups is 1. The van der Waals surface area contributed by atoms with Crippen LogP contribution in [0.25, 0.3) is 0 Å². The number of amides is 1. The summed E-state index contributed by atoms with van der Waals surface area (Å²) >= 11 is 0. The molecule has 0 aromatic carbocycles. The van der Waals surface area contributed by atoms with Crippen LogP contribution in [-0.2, 0) is 18.4 Å². The van der Waals surface area contributed by atoms with Crippen LogP contribution in [-0.4, -0.2) is 73.4 Å². The molecule has 0 aromatic heterocycles. The Labute approximate surface area is 477 Å². The van der Waals surface area contributed by atoms with Crippen LogP contribution in [0.3, 0.4) is 0 Å². The van der Waals surface area contributed by atoms with Crippen LogP contribution in [0.2, 0.25) is 0 Å². The quantitative estimate of drug-likeness (QED) is 0.0243. The smallest absolute Gasteiger partial charge is 0.387 e. The van der Waals surface area contributed by atoms with E-state index in [4.69, 9.17) is 9.05 Å². The van der Waals surface area contributed by atoms with Crippen molar-refractivity contribution in [3.63, 3.8) is 0 Å². The molecule has 0 aromatic rings. The molecule has 3 N–H and O–H groups in total. The lowest BCUT2D eigenvalue weighted by Gasteiger charge is -2.25. The molecule has 0 bridgehead atoms. The van der Waals surface area contributed by atoms with Gasteiger partial charge in [0.15, 0.2) is 0 Å². The molecule has 0 saturated heterocycles.